The van der Waals surface area contributed by atoms with Gasteiger partial charge < -0.3 is 15.0 Å². The smallest absolute Gasteiger partial charge is 0.253 e. The number of carbonyl (C=O) groups excluding carboxylic acids is 2. The molecule has 1 aromatic rings. The first-order valence-electron chi connectivity index (χ1n) is 8.32. The molecule has 0 unspecified atom stereocenters. The van der Waals surface area contributed by atoms with E-state index in [2.05, 4.69) is 5.32 Å². The van der Waals surface area contributed by atoms with Crippen LogP contribution in [0, 0.1) is 5.92 Å². The number of rotatable bonds is 6. The molecule has 2 rings (SSSR count). The summed E-state index contributed by atoms with van der Waals surface area (Å²) in [7, 11) is 1.71. The van der Waals surface area contributed by atoms with Crippen LogP contribution >= 0.6 is 0 Å². The molecule has 0 saturated carbocycles. The molecule has 2 amide bonds. The lowest BCUT2D eigenvalue weighted by Gasteiger charge is -2.31. The second-order valence-corrected chi connectivity index (χ2v) is 6.03. The number of piperidine rings is 1. The van der Waals surface area contributed by atoms with Crippen molar-refractivity contribution < 1.29 is 14.3 Å². The van der Waals surface area contributed by atoms with Crippen LogP contribution in [0.15, 0.2) is 24.3 Å². The lowest BCUT2D eigenvalue weighted by Crippen LogP contribution is -2.39. The van der Waals surface area contributed by atoms with E-state index in [-0.39, 0.29) is 11.8 Å². The molecule has 1 aliphatic rings. The second-order valence-electron chi connectivity index (χ2n) is 6.03. The van der Waals surface area contributed by atoms with Gasteiger partial charge in [-0.3, -0.25) is 9.59 Å². The van der Waals surface area contributed by atoms with Crippen molar-refractivity contribution >= 4 is 11.8 Å². The monoisotopic (exact) mass is 318 g/mol. The van der Waals surface area contributed by atoms with Crippen molar-refractivity contribution in [3.05, 3.63) is 35.4 Å². The Morgan fingerprint density at radius 1 is 1.26 bits per heavy atom. The minimum Gasteiger partial charge on any atom is -0.384 e. The predicted octanol–water partition coefficient (Wildman–Crippen LogP) is 2.33. The highest BCUT2D eigenvalue weighted by Gasteiger charge is 2.23. The fourth-order valence-corrected chi connectivity index (χ4v) is 2.86. The molecular weight excluding hydrogens is 292 g/mol. The summed E-state index contributed by atoms with van der Waals surface area (Å²) in [6.07, 6.45) is 2.83. The fourth-order valence-electron chi connectivity index (χ4n) is 2.86. The maximum absolute atomic E-state index is 12.6. The van der Waals surface area contributed by atoms with Crippen molar-refractivity contribution in [1.29, 1.82) is 0 Å². The molecule has 1 fully saturated rings. The molecule has 1 N–H and O–H groups in total. The number of likely N-dealkylation sites (tertiary alicyclic amines) is 1. The summed E-state index contributed by atoms with van der Waals surface area (Å²) in [6.45, 7) is 4.91. The van der Waals surface area contributed by atoms with Crippen LogP contribution in [0.2, 0.25) is 0 Å². The normalized spacial score (nSPS) is 15.5. The van der Waals surface area contributed by atoms with E-state index in [1.54, 1.807) is 31.4 Å². The molecule has 0 spiro atoms. The number of nitrogens with zero attached hydrogens (tertiary/aromatic N) is 1. The summed E-state index contributed by atoms with van der Waals surface area (Å²) in [5.41, 5.74) is 1.12. The first-order valence-corrected chi connectivity index (χ1v) is 8.32. The zero-order valence-electron chi connectivity index (χ0n) is 14.0. The van der Waals surface area contributed by atoms with Gasteiger partial charge in [0.2, 0.25) is 0 Å². The molecule has 1 aliphatic heterocycles. The van der Waals surface area contributed by atoms with Gasteiger partial charge in [0.1, 0.15) is 0 Å². The van der Waals surface area contributed by atoms with Gasteiger partial charge >= 0.3 is 0 Å². The predicted molar refractivity (Wildman–Crippen MR) is 89.6 cm³/mol. The summed E-state index contributed by atoms with van der Waals surface area (Å²) in [5.74, 6) is 0.418. The number of methoxy groups -OCH3 is 1. The van der Waals surface area contributed by atoms with Crippen LogP contribution in [0.25, 0.3) is 0 Å². The van der Waals surface area contributed by atoms with Gasteiger partial charge in [-0.1, -0.05) is 13.0 Å². The maximum Gasteiger partial charge on any atom is 0.253 e. The number of nitrogens with one attached hydrogen (secondary N) is 1. The number of ether oxygens (including phenoxy) is 1. The van der Waals surface area contributed by atoms with Gasteiger partial charge in [0.15, 0.2) is 0 Å². The Morgan fingerprint density at radius 3 is 2.61 bits per heavy atom. The largest absolute Gasteiger partial charge is 0.384 e. The van der Waals surface area contributed by atoms with Crippen LogP contribution in [-0.4, -0.2) is 50.1 Å². The van der Waals surface area contributed by atoms with Crippen LogP contribution in [0.1, 0.15) is 46.9 Å². The highest BCUT2D eigenvalue weighted by atomic mass is 16.5. The lowest BCUT2D eigenvalue weighted by atomic mass is 9.97. The van der Waals surface area contributed by atoms with Gasteiger partial charge in [-0.15, -0.1) is 0 Å². The molecule has 1 saturated heterocycles. The van der Waals surface area contributed by atoms with Crippen LogP contribution in [-0.2, 0) is 4.74 Å². The topological polar surface area (TPSA) is 58.6 Å². The Hall–Kier alpha value is -1.88. The highest BCUT2D eigenvalue weighted by molar-refractivity contribution is 5.99. The zero-order valence-corrected chi connectivity index (χ0v) is 14.0. The average Bonchev–Trinajstić information content (AvgIpc) is 2.60. The molecule has 0 aliphatic carbocycles. The quantitative estimate of drug-likeness (QED) is 0.876. The first-order chi connectivity index (χ1) is 11.2. The van der Waals surface area contributed by atoms with E-state index in [1.165, 1.54) is 0 Å². The standard InChI is InChI=1S/C18H26N2O3/c1-3-9-19-17(21)15-5-4-6-16(12-15)18(22)20-10-7-14(8-11-20)13-23-2/h4-6,12,14H,3,7-11,13H2,1-2H3,(H,19,21). The summed E-state index contributed by atoms with van der Waals surface area (Å²) < 4.78 is 5.19. The van der Waals surface area contributed by atoms with Crippen molar-refractivity contribution in [3.8, 4) is 0 Å². The van der Waals surface area contributed by atoms with Gasteiger partial charge in [-0.2, -0.15) is 0 Å². The third-order valence-corrected chi connectivity index (χ3v) is 4.21. The summed E-state index contributed by atoms with van der Waals surface area (Å²) >= 11 is 0. The van der Waals surface area contributed by atoms with Crippen molar-refractivity contribution in [1.82, 2.24) is 10.2 Å². The lowest BCUT2D eigenvalue weighted by molar-refractivity contribution is 0.0613. The molecule has 0 radical (unpaired) electrons. The molecule has 1 aromatic carbocycles. The number of carbonyl (C=O) groups is 2. The van der Waals surface area contributed by atoms with E-state index in [9.17, 15) is 9.59 Å². The van der Waals surface area contributed by atoms with E-state index in [4.69, 9.17) is 4.74 Å². The molecule has 126 valence electrons. The number of amides is 2. The first kappa shape index (κ1) is 17.5. The molecular formula is C18H26N2O3. The SMILES string of the molecule is CCCNC(=O)c1cccc(C(=O)N2CCC(COC)CC2)c1. The van der Waals surface area contributed by atoms with E-state index >= 15 is 0 Å². The van der Waals surface area contributed by atoms with Crippen molar-refractivity contribution in [2.45, 2.75) is 26.2 Å². The number of hydrogen-bond acceptors (Lipinski definition) is 3. The number of hydrogen-bond donors (Lipinski definition) is 1. The van der Waals surface area contributed by atoms with Gasteiger partial charge in [0.05, 0.1) is 0 Å². The van der Waals surface area contributed by atoms with Crippen LogP contribution in [0.5, 0.6) is 0 Å². The van der Waals surface area contributed by atoms with Crippen LogP contribution < -0.4 is 5.32 Å². The molecule has 0 aromatic heterocycles. The van der Waals surface area contributed by atoms with Crippen LogP contribution in [0.3, 0.4) is 0 Å². The molecule has 23 heavy (non-hydrogen) atoms. The summed E-state index contributed by atoms with van der Waals surface area (Å²) in [4.78, 5) is 26.5. The Kier molecular flexibility index (Phi) is 6.59. The molecule has 5 heteroatoms. The molecule has 0 bridgehead atoms. The van der Waals surface area contributed by atoms with E-state index < -0.39 is 0 Å². The van der Waals surface area contributed by atoms with E-state index in [0.29, 0.717) is 23.6 Å². The Morgan fingerprint density at radius 2 is 1.96 bits per heavy atom. The van der Waals surface area contributed by atoms with Crippen molar-refractivity contribution in [3.63, 3.8) is 0 Å². The van der Waals surface area contributed by atoms with Gasteiger partial charge in [0.25, 0.3) is 11.8 Å². The Labute approximate surface area is 138 Å². The minimum absolute atomic E-state index is 0.00556. The molecule has 0 atom stereocenters. The number of benzene rings is 1. The fraction of sp³-hybridized carbons (Fsp3) is 0.556. The van der Waals surface area contributed by atoms with E-state index in [1.807, 2.05) is 11.8 Å². The Balaban J connectivity index is 1.99. The zero-order chi connectivity index (χ0) is 16.7. The highest BCUT2D eigenvalue weighted by Crippen LogP contribution is 2.19. The Bertz CT molecular complexity index is 537. The second kappa shape index (κ2) is 8.67. The van der Waals surface area contributed by atoms with Crippen LogP contribution in [0.4, 0.5) is 0 Å². The third kappa shape index (κ3) is 4.79. The third-order valence-electron chi connectivity index (χ3n) is 4.21. The average molecular weight is 318 g/mol. The van der Waals surface area contributed by atoms with Gasteiger partial charge in [0, 0.05) is 44.5 Å². The van der Waals surface area contributed by atoms with E-state index in [0.717, 1.165) is 39.0 Å². The summed E-state index contributed by atoms with van der Waals surface area (Å²) in [5, 5.41) is 2.84. The van der Waals surface area contributed by atoms with Crippen molar-refractivity contribution in [2.24, 2.45) is 5.92 Å². The van der Waals surface area contributed by atoms with Gasteiger partial charge in [-0.25, -0.2) is 0 Å². The molecule has 5 nitrogen and oxygen atoms in total. The van der Waals surface area contributed by atoms with Gasteiger partial charge in [-0.05, 0) is 43.4 Å². The minimum atomic E-state index is -0.125. The molecule has 1 heterocycles. The van der Waals surface area contributed by atoms with Crippen molar-refractivity contribution in [2.75, 3.05) is 33.4 Å². The maximum atomic E-state index is 12.6. The summed E-state index contributed by atoms with van der Waals surface area (Å²) in [6, 6.07) is 6.98.